The Morgan fingerprint density at radius 1 is 1.17 bits per heavy atom. The lowest BCUT2D eigenvalue weighted by Gasteiger charge is -2.35. The van der Waals surface area contributed by atoms with E-state index in [9.17, 15) is 18.0 Å². The fourth-order valence-electron chi connectivity index (χ4n) is 3.20. The number of nitrogens with one attached hydrogen (secondary N) is 1. The van der Waals surface area contributed by atoms with Crippen LogP contribution in [-0.2, 0) is 32.6 Å². The Labute approximate surface area is 169 Å². The first-order valence-corrected chi connectivity index (χ1v) is 10.5. The smallest absolute Gasteiger partial charge is 0.445 e. The Bertz CT molecular complexity index is 993. The third-order valence-corrected chi connectivity index (χ3v) is 6.13. The summed E-state index contributed by atoms with van der Waals surface area (Å²) in [7, 11) is -4.45. The molecular formula is C20H22N2O6S. The lowest BCUT2D eigenvalue weighted by atomic mass is 9.99. The van der Waals surface area contributed by atoms with Gasteiger partial charge in [0, 0.05) is 6.04 Å². The Kier molecular flexibility index (Phi) is 6.19. The minimum absolute atomic E-state index is 0.0720. The van der Waals surface area contributed by atoms with Crippen LogP contribution in [0.15, 0.2) is 54.6 Å². The average Bonchev–Trinajstić information content (AvgIpc) is 2.71. The summed E-state index contributed by atoms with van der Waals surface area (Å²) in [6, 6.07) is 14.3. The van der Waals surface area contributed by atoms with Crippen LogP contribution in [0, 0.1) is 0 Å². The van der Waals surface area contributed by atoms with Crippen LogP contribution in [0.25, 0.3) is 0 Å². The van der Waals surface area contributed by atoms with Crippen molar-refractivity contribution in [3.05, 3.63) is 65.7 Å². The van der Waals surface area contributed by atoms with Gasteiger partial charge in [-0.2, -0.15) is 8.42 Å². The molecule has 0 saturated carbocycles. The van der Waals surface area contributed by atoms with Gasteiger partial charge in [-0.25, -0.2) is 4.79 Å². The molecule has 154 valence electrons. The topological polar surface area (TPSA) is 113 Å². The van der Waals surface area contributed by atoms with Gasteiger partial charge in [-0.15, -0.1) is 0 Å². The molecule has 29 heavy (non-hydrogen) atoms. The van der Waals surface area contributed by atoms with Crippen LogP contribution in [-0.4, -0.2) is 43.4 Å². The monoisotopic (exact) mass is 418 g/mol. The van der Waals surface area contributed by atoms with Crippen molar-refractivity contribution in [2.24, 2.45) is 0 Å². The molecule has 0 aliphatic carbocycles. The van der Waals surface area contributed by atoms with E-state index in [2.05, 4.69) is 5.32 Å². The highest BCUT2D eigenvalue weighted by atomic mass is 32.2. The number of nitrogens with zero attached hydrogens (tertiary/aromatic N) is 1. The fraction of sp³-hybridized carbons (Fsp3) is 0.300. The lowest BCUT2D eigenvalue weighted by molar-refractivity contribution is -0.139. The van der Waals surface area contributed by atoms with Crippen LogP contribution in [0.1, 0.15) is 18.1 Å². The van der Waals surface area contributed by atoms with Gasteiger partial charge in [-0.1, -0.05) is 48.5 Å². The summed E-state index contributed by atoms with van der Waals surface area (Å²) in [5, 5.41) is 10.7. The van der Waals surface area contributed by atoms with Crippen LogP contribution >= 0.6 is 0 Å². The Hall–Kier alpha value is -2.91. The summed E-state index contributed by atoms with van der Waals surface area (Å²) < 4.78 is 31.9. The molecule has 0 fully saturated rings. The van der Waals surface area contributed by atoms with Gasteiger partial charge in [0.1, 0.15) is 12.6 Å². The van der Waals surface area contributed by atoms with E-state index in [-0.39, 0.29) is 13.2 Å². The summed E-state index contributed by atoms with van der Waals surface area (Å²) in [6.45, 7) is 1.25. The second-order valence-corrected chi connectivity index (χ2v) is 8.54. The second-order valence-electron chi connectivity index (χ2n) is 6.82. The molecule has 0 aromatic heterocycles. The number of hydrogen-bond acceptors (Lipinski definition) is 6. The number of anilines is 1. The number of hydrogen-bond donors (Lipinski definition) is 2. The Morgan fingerprint density at radius 2 is 1.83 bits per heavy atom. The highest BCUT2D eigenvalue weighted by Crippen LogP contribution is 2.30. The zero-order valence-corrected chi connectivity index (χ0v) is 16.6. The van der Waals surface area contributed by atoms with Crippen molar-refractivity contribution in [1.82, 2.24) is 5.32 Å². The third-order valence-electron chi connectivity index (χ3n) is 4.67. The minimum atomic E-state index is -4.45. The predicted octanol–water partition coefficient (Wildman–Crippen LogP) is 2.15. The molecule has 2 aromatic carbocycles. The number of ether oxygens (including phenoxy) is 1. The van der Waals surface area contributed by atoms with Crippen molar-refractivity contribution in [1.29, 1.82) is 0 Å². The first-order chi connectivity index (χ1) is 13.8. The summed E-state index contributed by atoms with van der Waals surface area (Å²) in [5.41, 5.74) is 1.77. The molecule has 3 rings (SSSR count). The normalized spacial score (nSPS) is 17.3. The van der Waals surface area contributed by atoms with Gasteiger partial charge in [-0.05, 0) is 30.5 Å². The molecule has 1 aliphatic heterocycles. The quantitative estimate of drug-likeness (QED) is 0.691. The van der Waals surface area contributed by atoms with Crippen LogP contribution in [0.4, 0.5) is 10.5 Å². The van der Waals surface area contributed by atoms with E-state index in [0.717, 1.165) is 4.31 Å². The number of sulfonamides is 1. The Morgan fingerprint density at radius 3 is 2.52 bits per heavy atom. The predicted molar refractivity (Wildman–Crippen MR) is 107 cm³/mol. The molecule has 0 saturated heterocycles. The van der Waals surface area contributed by atoms with Gasteiger partial charge in [0.15, 0.2) is 0 Å². The van der Waals surface area contributed by atoms with Crippen molar-refractivity contribution < 1.29 is 27.9 Å². The van der Waals surface area contributed by atoms with Gasteiger partial charge >= 0.3 is 21.3 Å². The largest absolute Gasteiger partial charge is 0.480 e. The van der Waals surface area contributed by atoms with Crippen molar-refractivity contribution >= 4 is 27.0 Å². The molecule has 0 radical (unpaired) electrons. The number of carboxylic acid groups (broad SMARTS) is 1. The second kappa shape index (κ2) is 8.62. The average molecular weight is 418 g/mol. The number of fused-ring (bicyclic) bond motifs is 1. The van der Waals surface area contributed by atoms with Crippen molar-refractivity contribution in [3.63, 3.8) is 0 Å². The number of carbonyl (C=O) groups is 2. The van der Waals surface area contributed by atoms with Crippen molar-refractivity contribution in [2.75, 3.05) is 10.8 Å². The summed E-state index contributed by atoms with van der Waals surface area (Å²) in [4.78, 5) is 23.6. The van der Waals surface area contributed by atoms with Crippen LogP contribution < -0.4 is 9.62 Å². The molecule has 1 aliphatic rings. The van der Waals surface area contributed by atoms with Gasteiger partial charge in [0.05, 0.1) is 12.2 Å². The highest BCUT2D eigenvalue weighted by Gasteiger charge is 2.38. The van der Waals surface area contributed by atoms with Crippen LogP contribution in [0.5, 0.6) is 0 Å². The van der Waals surface area contributed by atoms with E-state index >= 15 is 0 Å². The van der Waals surface area contributed by atoms with Crippen LogP contribution in [0.3, 0.4) is 0 Å². The van der Waals surface area contributed by atoms with E-state index in [4.69, 9.17) is 9.84 Å². The van der Waals surface area contributed by atoms with E-state index in [0.29, 0.717) is 23.2 Å². The van der Waals surface area contributed by atoms with Gasteiger partial charge in [0.2, 0.25) is 0 Å². The molecule has 1 unspecified atom stereocenters. The molecule has 2 N–H and O–H groups in total. The fourth-order valence-corrected chi connectivity index (χ4v) is 4.40. The number of para-hydroxylation sites is 1. The van der Waals surface area contributed by atoms with Crippen molar-refractivity contribution in [2.45, 2.75) is 32.0 Å². The van der Waals surface area contributed by atoms with E-state index < -0.39 is 33.4 Å². The van der Waals surface area contributed by atoms with E-state index in [1.54, 1.807) is 54.6 Å². The standard InChI is InChI=1S/C20H22N2O6S/c1-14(19(23)24)21-17-11-16-9-5-6-10-18(16)22(12-17)29(26,27)20(25)28-13-15-7-3-2-4-8-15/h2-10,14,17,21H,11-13H2,1H3,(H,23,24)/t14?,17-/m1/s1. The highest BCUT2D eigenvalue weighted by molar-refractivity contribution is 8.06. The lowest BCUT2D eigenvalue weighted by Crippen LogP contribution is -2.53. The first kappa shape index (κ1) is 20.8. The molecule has 0 spiro atoms. The number of carboxylic acids is 1. The van der Waals surface area contributed by atoms with Crippen molar-refractivity contribution in [3.8, 4) is 0 Å². The molecule has 0 amide bonds. The number of carbonyl (C=O) groups excluding carboxylic acids is 1. The maximum absolute atomic E-state index is 12.9. The maximum Gasteiger partial charge on any atom is 0.445 e. The minimum Gasteiger partial charge on any atom is -0.480 e. The summed E-state index contributed by atoms with van der Waals surface area (Å²) in [6.07, 6.45) is 0.443. The van der Waals surface area contributed by atoms with Crippen LogP contribution in [0.2, 0.25) is 0 Å². The first-order valence-electron chi connectivity index (χ1n) is 9.09. The number of aliphatic carboxylic acids is 1. The molecule has 9 heteroatoms. The maximum atomic E-state index is 12.9. The molecule has 1 heterocycles. The molecule has 2 atom stereocenters. The van der Waals surface area contributed by atoms with E-state index in [1.807, 2.05) is 0 Å². The summed E-state index contributed by atoms with van der Waals surface area (Å²) in [5.74, 6) is -1.04. The summed E-state index contributed by atoms with van der Waals surface area (Å²) >= 11 is 0. The molecule has 8 nitrogen and oxygen atoms in total. The zero-order valence-electron chi connectivity index (χ0n) is 15.8. The number of benzene rings is 2. The Balaban J connectivity index is 1.81. The zero-order chi connectivity index (χ0) is 21.0. The third kappa shape index (κ3) is 4.75. The van der Waals surface area contributed by atoms with E-state index in [1.165, 1.54) is 6.92 Å². The molecule has 0 bridgehead atoms. The van der Waals surface area contributed by atoms with Gasteiger partial charge in [-0.3, -0.25) is 14.4 Å². The number of rotatable bonds is 6. The molecular weight excluding hydrogens is 396 g/mol. The SMILES string of the molecule is CC(N[C@@H]1Cc2ccccc2N(S(=O)(=O)C(=O)OCc2ccccc2)C1)C(=O)O. The molecule has 2 aromatic rings. The van der Waals surface area contributed by atoms with Gasteiger partial charge in [0.25, 0.3) is 0 Å². The van der Waals surface area contributed by atoms with Gasteiger partial charge < -0.3 is 9.84 Å².